The molecule has 4 heterocycles. The third-order valence-electron chi connectivity index (χ3n) is 15.1. The van der Waals surface area contributed by atoms with Crippen molar-refractivity contribution < 1.29 is 76.5 Å². The van der Waals surface area contributed by atoms with Gasteiger partial charge in [0.05, 0.1) is 24.2 Å². The molecular formula is C50H65FN4O15. The first-order valence-electron chi connectivity index (χ1n) is 23.7. The van der Waals surface area contributed by atoms with E-state index in [4.69, 9.17) is 37.9 Å². The highest BCUT2D eigenvalue weighted by molar-refractivity contribution is 5.89. The van der Waals surface area contributed by atoms with E-state index in [2.05, 4.69) is 10.3 Å². The molecule has 2 bridgehead atoms. The minimum atomic E-state index is -2.28. The standard InChI is InChI=1S/C50H65FN4O15/c1-26-31(65-43(59)37(57)36(35-30(51)17-14-20-52-35)53-44(60)70-46(3,4)5)21-50(62)41(68-42(58)28-15-12-11-13-16-28)39-48(8,19-18-32-49(39,25-63-32)69-27(2)56)40-38(34(26)47(50,6)7)66-33(67-40)24-55-22-29(23-55)64-45(61)54(9)10/h11-17,20,29,31-33,36-41,57,62H,18-19,21-25H2,1-10H3,(H,53,60)/t31-,32+,33+,36-,37+,38+,39-,40+,41-,48+,49-,50+/m0/s1. The lowest BCUT2D eigenvalue weighted by molar-refractivity contribution is -0.345. The lowest BCUT2D eigenvalue weighted by Crippen LogP contribution is -2.79. The maximum atomic E-state index is 15.4. The van der Waals surface area contributed by atoms with Crippen LogP contribution < -0.4 is 5.32 Å². The molecule has 20 heteroatoms. The second-order valence-corrected chi connectivity index (χ2v) is 21.4. The first kappa shape index (κ1) is 51.1. The number of likely N-dealkylation sites (tertiary alicyclic amines) is 1. The summed E-state index contributed by atoms with van der Waals surface area (Å²) in [6.45, 7) is 14.3. The van der Waals surface area contributed by atoms with Crippen molar-refractivity contribution in [1.29, 1.82) is 0 Å². The summed E-state index contributed by atoms with van der Waals surface area (Å²) in [6.07, 6.45) is -8.91. The number of pyridine rings is 1. The smallest absolute Gasteiger partial charge is 0.409 e. The zero-order valence-corrected chi connectivity index (χ0v) is 41.3. The Labute approximate surface area is 406 Å². The molecule has 8 rings (SSSR count). The van der Waals surface area contributed by atoms with Crippen molar-refractivity contribution in [2.75, 3.05) is 40.3 Å². The molecule has 3 saturated heterocycles. The SMILES string of the molecule is CC(=O)O[C@@]12CO[C@@H]1CC[C@@]1(C)[C@@H]3O[C@H](CN4CC(OC(=O)N(C)C)C4)O[C@@H]3C3=C(C)[C@@H](OC(=O)[C@H](O)[C@@H](NC(=O)OC(C)(C)C)c4ncccc4F)C[C@@](O)([C@@H](OC(=O)c4ccccc4)[C@@H]12)C3(C)C. The highest BCUT2D eigenvalue weighted by Gasteiger charge is 2.77. The number of carbonyl (C=O) groups excluding carboxylic acids is 5. The van der Waals surface area contributed by atoms with Crippen LogP contribution in [0, 0.1) is 22.6 Å². The number of alkyl carbamates (subject to hydrolysis) is 1. The molecule has 19 nitrogen and oxygen atoms in total. The van der Waals surface area contributed by atoms with E-state index in [9.17, 15) is 34.2 Å². The van der Waals surface area contributed by atoms with Crippen molar-refractivity contribution in [3.05, 3.63) is 76.9 Å². The number of nitrogens with one attached hydrogen (secondary N) is 1. The molecule has 2 aromatic rings. The molecule has 2 amide bonds. The zero-order chi connectivity index (χ0) is 50.9. The molecule has 1 aromatic heterocycles. The van der Waals surface area contributed by atoms with Gasteiger partial charge >= 0.3 is 30.1 Å². The minimum Gasteiger partial charge on any atom is -0.456 e. The average molecular weight is 981 g/mol. The molecule has 3 aliphatic carbocycles. The van der Waals surface area contributed by atoms with Crippen LogP contribution in [0.2, 0.25) is 0 Å². The lowest BCUT2D eigenvalue weighted by atomic mass is 9.45. The Hall–Kier alpha value is -5.25. The van der Waals surface area contributed by atoms with Crippen molar-refractivity contribution >= 4 is 30.1 Å². The summed E-state index contributed by atoms with van der Waals surface area (Å²) < 4.78 is 65.8. The summed E-state index contributed by atoms with van der Waals surface area (Å²) in [5, 5.41) is 28.2. The predicted molar refractivity (Wildman–Crippen MR) is 243 cm³/mol. The molecule has 0 radical (unpaired) electrons. The molecule has 3 N–H and O–H groups in total. The Morgan fingerprint density at radius 1 is 1.01 bits per heavy atom. The van der Waals surface area contributed by atoms with E-state index in [0.29, 0.717) is 37.1 Å². The third kappa shape index (κ3) is 9.15. The molecular weight excluding hydrogens is 916 g/mol. The zero-order valence-electron chi connectivity index (χ0n) is 41.3. The van der Waals surface area contributed by atoms with Crippen LogP contribution in [0.4, 0.5) is 14.0 Å². The summed E-state index contributed by atoms with van der Waals surface area (Å²) in [6, 6.07) is 8.76. The Kier molecular flexibility index (Phi) is 13.7. The number of aliphatic hydroxyl groups is 2. The van der Waals surface area contributed by atoms with Crippen LogP contribution in [0.25, 0.3) is 0 Å². The minimum absolute atomic E-state index is 0.0989. The predicted octanol–water partition coefficient (Wildman–Crippen LogP) is 4.39. The molecule has 5 fully saturated rings. The van der Waals surface area contributed by atoms with Crippen molar-refractivity contribution in [1.82, 2.24) is 20.1 Å². The van der Waals surface area contributed by atoms with E-state index in [1.165, 1.54) is 24.1 Å². The van der Waals surface area contributed by atoms with Crippen LogP contribution in [0.15, 0.2) is 59.8 Å². The number of halogens is 1. The van der Waals surface area contributed by atoms with Crippen molar-refractivity contribution in [2.45, 2.75) is 147 Å². The van der Waals surface area contributed by atoms with Gasteiger partial charge in [0.2, 0.25) is 0 Å². The lowest BCUT2D eigenvalue weighted by Gasteiger charge is -2.68. The van der Waals surface area contributed by atoms with Crippen molar-refractivity contribution in [3.8, 4) is 0 Å². The number of rotatable bonds is 11. The number of hydrogen-bond donors (Lipinski definition) is 3. The van der Waals surface area contributed by atoms with Gasteiger partial charge in [-0.05, 0) is 75.9 Å². The highest BCUT2D eigenvalue weighted by Crippen LogP contribution is 2.66. The summed E-state index contributed by atoms with van der Waals surface area (Å²) in [5.74, 6) is -4.72. The molecule has 6 aliphatic rings. The Bertz CT molecular complexity index is 2390. The van der Waals surface area contributed by atoms with Crippen LogP contribution in [-0.2, 0) is 47.5 Å². The van der Waals surface area contributed by atoms with Gasteiger partial charge in [-0.1, -0.05) is 39.0 Å². The first-order valence-corrected chi connectivity index (χ1v) is 23.7. The van der Waals surface area contributed by atoms with Crippen LogP contribution in [-0.4, -0.2) is 161 Å². The maximum absolute atomic E-state index is 15.4. The molecule has 12 atom stereocenters. The van der Waals surface area contributed by atoms with Gasteiger partial charge in [0.25, 0.3) is 0 Å². The molecule has 0 spiro atoms. The van der Waals surface area contributed by atoms with E-state index in [1.54, 1.807) is 86.0 Å². The van der Waals surface area contributed by atoms with Gasteiger partial charge in [0.15, 0.2) is 18.0 Å². The highest BCUT2D eigenvalue weighted by atomic mass is 19.1. The number of amides is 2. The maximum Gasteiger partial charge on any atom is 0.409 e. The Balaban J connectivity index is 1.23. The number of benzene rings is 1. The average Bonchev–Trinajstić information content (AvgIpc) is 3.68. The fourth-order valence-corrected chi connectivity index (χ4v) is 11.7. The normalized spacial score (nSPS) is 33.2. The van der Waals surface area contributed by atoms with Crippen LogP contribution in [0.5, 0.6) is 0 Å². The van der Waals surface area contributed by atoms with Crippen molar-refractivity contribution in [3.63, 3.8) is 0 Å². The number of esters is 3. The fraction of sp³-hybridized carbons (Fsp3) is 0.640. The van der Waals surface area contributed by atoms with Gasteiger partial charge in [0, 0.05) is 64.1 Å². The monoisotopic (exact) mass is 980 g/mol. The number of hydrogen-bond acceptors (Lipinski definition) is 17. The van der Waals surface area contributed by atoms with Gasteiger partial charge in [-0.3, -0.25) is 14.7 Å². The molecule has 382 valence electrons. The number of nitrogens with zero attached hydrogens (tertiary/aromatic N) is 3. The summed E-state index contributed by atoms with van der Waals surface area (Å²) in [4.78, 5) is 75.2. The second-order valence-electron chi connectivity index (χ2n) is 21.4. The van der Waals surface area contributed by atoms with E-state index >= 15 is 4.39 Å². The van der Waals surface area contributed by atoms with Gasteiger partial charge < -0.3 is 58.3 Å². The van der Waals surface area contributed by atoms with E-state index in [-0.39, 0.29) is 24.8 Å². The van der Waals surface area contributed by atoms with Gasteiger partial charge in [0.1, 0.15) is 59.3 Å². The van der Waals surface area contributed by atoms with Gasteiger partial charge in [-0.2, -0.15) is 0 Å². The number of ether oxygens (including phenoxy) is 8. The van der Waals surface area contributed by atoms with Gasteiger partial charge in [-0.25, -0.2) is 23.6 Å². The van der Waals surface area contributed by atoms with E-state index < -0.39 is 131 Å². The molecule has 0 unspecified atom stereocenters. The summed E-state index contributed by atoms with van der Waals surface area (Å²) in [7, 11) is 3.20. The number of fused-ring (bicyclic) bond motifs is 8. The molecule has 2 saturated carbocycles. The Morgan fingerprint density at radius 2 is 1.71 bits per heavy atom. The van der Waals surface area contributed by atoms with Crippen LogP contribution in [0.3, 0.4) is 0 Å². The van der Waals surface area contributed by atoms with E-state index in [1.807, 2.05) is 11.8 Å². The van der Waals surface area contributed by atoms with Gasteiger partial charge in [-0.15, -0.1) is 0 Å². The summed E-state index contributed by atoms with van der Waals surface area (Å²) >= 11 is 0. The topological polar surface area (TPSA) is 231 Å². The number of aromatic nitrogens is 1. The quantitative estimate of drug-likeness (QED) is 0.161. The molecule has 1 aromatic carbocycles. The van der Waals surface area contributed by atoms with Crippen molar-refractivity contribution in [2.24, 2.45) is 16.7 Å². The van der Waals surface area contributed by atoms with Crippen LogP contribution >= 0.6 is 0 Å². The molecule has 70 heavy (non-hydrogen) atoms. The fourth-order valence-electron chi connectivity index (χ4n) is 11.7. The Morgan fingerprint density at radius 3 is 2.33 bits per heavy atom. The van der Waals surface area contributed by atoms with E-state index in [0.717, 1.165) is 6.07 Å². The largest absolute Gasteiger partial charge is 0.456 e. The number of carbonyl (C=O) groups is 5. The van der Waals surface area contributed by atoms with Crippen LogP contribution in [0.1, 0.15) is 96.7 Å². The first-order chi connectivity index (χ1) is 32.8. The molecule has 3 aliphatic heterocycles. The number of aliphatic hydroxyl groups excluding tert-OH is 1. The summed E-state index contributed by atoms with van der Waals surface area (Å²) in [5.41, 5.74) is -6.55. The third-order valence-corrected chi connectivity index (χ3v) is 15.1. The second kappa shape index (κ2) is 18.7.